The molecular weight excluding hydrogens is 220 g/mol. The number of hydrogen-bond donors (Lipinski definition) is 2. The number of anilines is 1. The molecule has 1 aromatic heterocycles. The van der Waals surface area contributed by atoms with Crippen LogP contribution in [0.1, 0.15) is 17.3 Å². The molecule has 0 aliphatic heterocycles. The lowest BCUT2D eigenvalue weighted by molar-refractivity contribution is 0.0710. The highest BCUT2D eigenvalue weighted by molar-refractivity contribution is 5.98. The number of likely N-dealkylation sites (N-methyl/N-ethyl adjacent to an activating group) is 1. The van der Waals surface area contributed by atoms with E-state index in [2.05, 4.69) is 10.4 Å². The molecule has 0 radical (unpaired) electrons. The first-order chi connectivity index (χ1) is 8.20. The Morgan fingerprint density at radius 3 is 3.06 bits per heavy atom. The summed E-state index contributed by atoms with van der Waals surface area (Å²) >= 11 is 0. The van der Waals surface area contributed by atoms with E-state index in [0.717, 1.165) is 0 Å². The topological polar surface area (TPSA) is 80.5 Å². The zero-order valence-electron chi connectivity index (χ0n) is 10.1. The lowest BCUT2D eigenvalue weighted by Crippen LogP contribution is -2.31. The Labute approximate surface area is 101 Å². The molecular formula is C11H18N4O2. The Balaban J connectivity index is 2.67. The number of nitrogens with zero attached hydrogens (tertiary/aromatic N) is 2. The van der Waals surface area contributed by atoms with Crippen molar-refractivity contribution in [3.8, 4) is 0 Å². The number of carbonyl (C=O) groups excluding carboxylic acids is 1. The van der Waals surface area contributed by atoms with E-state index in [4.69, 9.17) is 10.6 Å². The molecule has 0 saturated carbocycles. The van der Waals surface area contributed by atoms with Crippen LogP contribution in [-0.2, 0) is 4.74 Å². The Morgan fingerprint density at radius 2 is 2.41 bits per heavy atom. The van der Waals surface area contributed by atoms with Crippen LogP contribution in [0.4, 0.5) is 5.82 Å². The SMILES string of the molecule is CCOCCN(C)C(=O)c1cccnc1NN. The van der Waals surface area contributed by atoms with Gasteiger partial charge in [-0.25, -0.2) is 10.8 Å². The molecule has 6 heteroatoms. The molecule has 0 aromatic carbocycles. The summed E-state index contributed by atoms with van der Waals surface area (Å²) in [7, 11) is 1.72. The second kappa shape index (κ2) is 6.82. The summed E-state index contributed by atoms with van der Waals surface area (Å²) in [6.45, 7) is 3.61. The van der Waals surface area contributed by atoms with Crippen LogP contribution in [0.2, 0.25) is 0 Å². The largest absolute Gasteiger partial charge is 0.380 e. The molecule has 0 fully saturated rings. The normalized spacial score (nSPS) is 10.1. The number of ether oxygens (including phenoxy) is 1. The van der Waals surface area contributed by atoms with Crippen molar-refractivity contribution in [2.75, 3.05) is 32.2 Å². The molecule has 17 heavy (non-hydrogen) atoms. The van der Waals surface area contributed by atoms with Gasteiger partial charge < -0.3 is 15.1 Å². The van der Waals surface area contributed by atoms with E-state index in [0.29, 0.717) is 31.1 Å². The van der Waals surface area contributed by atoms with Crippen LogP contribution >= 0.6 is 0 Å². The maximum Gasteiger partial charge on any atom is 0.257 e. The van der Waals surface area contributed by atoms with Crippen LogP contribution in [0.5, 0.6) is 0 Å². The molecule has 1 heterocycles. The third kappa shape index (κ3) is 3.69. The van der Waals surface area contributed by atoms with E-state index in [-0.39, 0.29) is 5.91 Å². The lowest BCUT2D eigenvalue weighted by atomic mass is 10.2. The maximum atomic E-state index is 12.1. The number of pyridine rings is 1. The van der Waals surface area contributed by atoms with Gasteiger partial charge in [-0.3, -0.25) is 4.79 Å². The third-order valence-corrected chi connectivity index (χ3v) is 2.30. The maximum absolute atomic E-state index is 12.1. The minimum Gasteiger partial charge on any atom is -0.380 e. The summed E-state index contributed by atoms with van der Waals surface area (Å²) in [4.78, 5) is 17.6. The number of amides is 1. The fraction of sp³-hybridized carbons (Fsp3) is 0.455. The van der Waals surface area contributed by atoms with Crippen molar-refractivity contribution in [3.05, 3.63) is 23.9 Å². The van der Waals surface area contributed by atoms with E-state index in [1.807, 2.05) is 6.92 Å². The Kier molecular flexibility index (Phi) is 5.38. The van der Waals surface area contributed by atoms with Gasteiger partial charge in [0, 0.05) is 26.4 Å². The van der Waals surface area contributed by atoms with Gasteiger partial charge in [0.2, 0.25) is 0 Å². The van der Waals surface area contributed by atoms with Gasteiger partial charge in [-0.15, -0.1) is 0 Å². The van der Waals surface area contributed by atoms with Gasteiger partial charge in [0.05, 0.1) is 12.2 Å². The zero-order chi connectivity index (χ0) is 12.7. The van der Waals surface area contributed by atoms with Crippen molar-refractivity contribution in [1.29, 1.82) is 0 Å². The fourth-order valence-electron chi connectivity index (χ4n) is 1.35. The molecule has 0 aliphatic rings. The van der Waals surface area contributed by atoms with Crippen molar-refractivity contribution < 1.29 is 9.53 Å². The number of hydrazine groups is 1. The summed E-state index contributed by atoms with van der Waals surface area (Å²) in [6, 6.07) is 3.38. The highest BCUT2D eigenvalue weighted by Crippen LogP contribution is 2.12. The first kappa shape index (κ1) is 13.4. The highest BCUT2D eigenvalue weighted by Gasteiger charge is 2.15. The predicted octanol–water partition coefficient (Wildman–Crippen LogP) is 0.476. The number of rotatable bonds is 6. The van der Waals surface area contributed by atoms with Gasteiger partial charge >= 0.3 is 0 Å². The van der Waals surface area contributed by atoms with E-state index >= 15 is 0 Å². The van der Waals surface area contributed by atoms with Gasteiger partial charge in [0.25, 0.3) is 5.91 Å². The average molecular weight is 238 g/mol. The summed E-state index contributed by atoms with van der Waals surface area (Å²) in [6.07, 6.45) is 1.58. The summed E-state index contributed by atoms with van der Waals surface area (Å²) in [5.41, 5.74) is 2.86. The second-order valence-corrected chi connectivity index (χ2v) is 3.47. The van der Waals surface area contributed by atoms with E-state index in [1.54, 1.807) is 30.3 Å². The molecule has 0 aliphatic carbocycles. The minimum absolute atomic E-state index is 0.134. The number of nitrogen functional groups attached to an aromatic ring is 1. The van der Waals surface area contributed by atoms with Crippen molar-refractivity contribution in [2.45, 2.75) is 6.92 Å². The minimum atomic E-state index is -0.134. The van der Waals surface area contributed by atoms with Crippen molar-refractivity contribution in [1.82, 2.24) is 9.88 Å². The molecule has 0 bridgehead atoms. The molecule has 0 spiro atoms. The second-order valence-electron chi connectivity index (χ2n) is 3.47. The van der Waals surface area contributed by atoms with Gasteiger partial charge in [-0.1, -0.05) is 0 Å². The summed E-state index contributed by atoms with van der Waals surface area (Å²) < 4.78 is 5.20. The van der Waals surface area contributed by atoms with Crippen LogP contribution in [0.15, 0.2) is 18.3 Å². The van der Waals surface area contributed by atoms with Gasteiger partial charge in [0.1, 0.15) is 0 Å². The van der Waals surface area contributed by atoms with Crippen LogP contribution < -0.4 is 11.3 Å². The Morgan fingerprint density at radius 1 is 1.65 bits per heavy atom. The monoisotopic (exact) mass is 238 g/mol. The fourth-order valence-corrected chi connectivity index (χ4v) is 1.35. The van der Waals surface area contributed by atoms with Crippen molar-refractivity contribution >= 4 is 11.7 Å². The van der Waals surface area contributed by atoms with Gasteiger partial charge in [0.15, 0.2) is 5.82 Å². The molecule has 0 unspecified atom stereocenters. The molecule has 6 nitrogen and oxygen atoms in total. The molecule has 0 atom stereocenters. The summed E-state index contributed by atoms with van der Waals surface area (Å²) in [5, 5.41) is 0. The number of carbonyl (C=O) groups is 1. The lowest BCUT2D eigenvalue weighted by Gasteiger charge is -2.18. The standard InChI is InChI=1S/C11H18N4O2/c1-3-17-8-7-15(2)11(16)9-5-4-6-13-10(9)14-12/h4-6H,3,7-8,12H2,1-2H3,(H,13,14). The van der Waals surface area contributed by atoms with Crippen LogP contribution in [0, 0.1) is 0 Å². The number of hydrogen-bond acceptors (Lipinski definition) is 5. The van der Waals surface area contributed by atoms with Crippen LogP contribution in [0.25, 0.3) is 0 Å². The van der Waals surface area contributed by atoms with Gasteiger partial charge in [-0.05, 0) is 19.1 Å². The van der Waals surface area contributed by atoms with Crippen LogP contribution in [0.3, 0.4) is 0 Å². The number of aromatic nitrogens is 1. The molecule has 1 amide bonds. The molecule has 0 saturated heterocycles. The van der Waals surface area contributed by atoms with Gasteiger partial charge in [-0.2, -0.15) is 0 Å². The Bertz CT molecular complexity index is 370. The first-order valence-electron chi connectivity index (χ1n) is 5.45. The van der Waals surface area contributed by atoms with E-state index in [9.17, 15) is 4.79 Å². The highest BCUT2D eigenvalue weighted by atomic mass is 16.5. The first-order valence-corrected chi connectivity index (χ1v) is 5.45. The van der Waals surface area contributed by atoms with E-state index < -0.39 is 0 Å². The quantitative estimate of drug-likeness (QED) is 0.428. The smallest absolute Gasteiger partial charge is 0.257 e. The average Bonchev–Trinajstić information content (AvgIpc) is 2.38. The van der Waals surface area contributed by atoms with E-state index in [1.165, 1.54) is 0 Å². The predicted molar refractivity (Wildman–Crippen MR) is 65.5 cm³/mol. The summed E-state index contributed by atoms with van der Waals surface area (Å²) in [5.74, 6) is 5.54. The third-order valence-electron chi connectivity index (χ3n) is 2.30. The van der Waals surface area contributed by atoms with Crippen molar-refractivity contribution in [2.24, 2.45) is 5.84 Å². The number of nitrogens with two attached hydrogens (primary N) is 1. The van der Waals surface area contributed by atoms with Crippen LogP contribution in [-0.4, -0.2) is 42.6 Å². The molecule has 1 rings (SSSR count). The molecule has 1 aromatic rings. The Hall–Kier alpha value is -1.66. The zero-order valence-corrected chi connectivity index (χ0v) is 10.1. The van der Waals surface area contributed by atoms with Crippen molar-refractivity contribution in [3.63, 3.8) is 0 Å². The molecule has 94 valence electrons. The molecule has 3 N–H and O–H groups in total. The number of nitrogens with one attached hydrogen (secondary N) is 1.